The molecule has 1 aromatic carbocycles. The van der Waals surface area contributed by atoms with Crippen LogP contribution in [0.15, 0.2) is 29.2 Å². The second-order valence-electron chi connectivity index (χ2n) is 4.90. The van der Waals surface area contributed by atoms with E-state index in [0.717, 1.165) is 5.69 Å². The van der Waals surface area contributed by atoms with Crippen LogP contribution in [0.2, 0.25) is 0 Å². The van der Waals surface area contributed by atoms with Crippen LogP contribution in [-0.4, -0.2) is 42.8 Å². The third-order valence-electron chi connectivity index (χ3n) is 3.13. The van der Waals surface area contributed by atoms with Gasteiger partial charge in [0.1, 0.15) is 6.07 Å². The highest BCUT2D eigenvalue weighted by atomic mass is 32.2. The molecule has 0 saturated carbocycles. The zero-order chi connectivity index (χ0) is 16.8. The number of allylic oxidation sites excluding steroid dienone is 2. The molecule has 0 aliphatic heterocycles. The van der Waals surface area contributed by atoms with Gasteiger partial charge in [0.25, 0.3) is 10.0 Å². The molecule has 1 N–H and O–H groups in total. The van der Waals surface area contributed by atoms with Gasteiger partial charge in [-0.05, 0) is 30.2 Å². The summed E-state index contributed by atoms with van der Waals surface area (Å²) in [7, 11) is 1.48. The molecule has 0 bridgehead atoms. The van der Waals surface area contributed by atoms with Crippen molar-refractivity contribution in [2.75, 3.05) is 39.3 Å². The predicted octanol–water partition coefficient (Wildman–Crippen LogP) is 1.57. The topological polar surface area (TPSA) is 82.4 Å². The van der Waals surface area contributed by atoms with Crippen LogP contribution in [0.1, 0.15) is 12.5 Å². The molecule has 7 heteroatoms. The maximum Gasteiger partial charge on any atom is 0.251 e. The number of ether oxygens (including phenoxy) is 1. The first-order valence-electron chi connectivity index (χ1n) is 6.71. The lowest BCUT2D eigenvalue weighted by molar-refractivity contribution is 0.204. The number of benzene rings is 1. The van der Waals surface area contributed by atoms with Crippen LogP contribution in [0.4, 0.5) is 5.69 Å². The van der Waals surface area contributed by atoms with E-state index in [1.54, 1.807) is 25.1 Å². The van der Waals surface area contributed by atoms with Gasteiger partial charge in [-0.25, -0.2) is 13.1 Å². The molecule has 6 nitrogen and oxygen atoms in total. The first-order chi connectivity index (χ1) is 10.3. The molecule has 0 fully saturated rings. The third-order valence-corrected chi connectivity index (χ3v) is 4.64. The predicted molar refractivity (Wildman–Crippen MR) is 87.8 cm³/mol. The SMILES string of the molecule is COCCNS(=O)(=O)/C(C#N)=C(\C)c1ccc(N(C)C)cc1. The van der Waals surface area contributed by atoms with Crippen molar-refractivity contribution >= 4 is 21.3 Å². The number of sulfonamides is 1. The number of nitriles is 1. The minimum Gasteiger partial charge on any atom is -0.383 e. The quantitative estimate of drug-likeness (QED) is 0.608. The fourth-order valence-electron chi connectivity index (χ4n) is 1.84. The minimum absolute atomic E-state index is 0.122. The molecule has 0 amide bonds. The summed E-state index contributed by atoms with van der Waals surface area (Å²) in [4.78, 5) is 1.66. The molecule has 22 heavy (non-hydrogen) atoms. The largest absolute Gasteiger partial charge is 0.383 e. The summed E-state index contributed by atoms with van der Waals surface area (Å²) in [5, 5.41) is 9.23. The van der Waals surface area contributed by atoms with Gasteiger partial charge in [-0.15, -0.1) is 0 Å². The van der Waals surface area contributed by atoms with Gasteiger partial charge in [-0.2, -0.15) is 5.26 Å². The molecule has 0 radical (unpaired) electrons. The van der Waals surface area contributed by atoms with E-state index in [4.69, 9.17) is 4.74 Å². The smallest absolute Gasteiger partial charge is 0.251 e. The van der Waals surface area contributed by atoms with Crippen molar-refractivity contribution < 1.29 is 13.2 Å². The summed E-state index contributed by atoms with van der Waals surface area (Å²) < 4.78 is 31.5. The normalized spacial score (nSPS) is 12.5. The molecule has 1 rings (SSSR count). The van der Waals surface area contributed by atoms with Crippen molar-refractivity contribution in [3.05, 3.63) is 34.7 Å². The molecule has 1 aromatic rings. The Balaban J connectivity index is 3.14. The van der Waals surface area contributed by atoms with Gasteiger partial charge < -0.3 is 9.64 Å². The first kappa shape index (κ1) is 18.2. The summed E-state index contributed by atoms with van der Waals surface area (Å²) in [5.41, 5.74) is 2.10. The van der Waals surface area contributed by atoms with Gasteiger partial charge in [-0.1, -0.05) is 12.1 Å². The van der Waals surface area contributed by atoms with Crippen molar-refractivity contribution in [3.8, 4) is 6.07 Å². The Hall–Kier alpha value is -1.88. The molecule has 0 heterocycles. The maximum atomic E-state index is 12.2. The van der Waals surface area contributed by atoms with Crippen LogP contribution in [0.25, 0.3) is 5.57 Å². The van der Waals surface area contributed by atoms with E-state index >= 15 is 0 Å². The lowest BCUT2D eigenvalue weighted by Gasteiger charge is -2.13. The summed E-state index contributed by atoms with van der Waals surface area (Å²) in [6.45, 7) is 1.99. The van der Waals surface area contributed by atoms with Gasteiger partial charge in [-0.3, -0.25) is 0 Å². The number of hydrogen-bond donors (Lipinski definition) is 1. The first-order valence-corrected chi connectivity index (χ1v) is 8.19. The Morgan fingerprint density at radius 3 is 2.36 bits per heavy atom. The number of rotatable bonds is 7. The zero-order valence-corrected chi connectivity index (χ0v) is 14.1. The minimum atomic E-state index is -3.84. The number of methoxy groups -OCH3 is 1. The summed E-state index contributed by atoms with van der Waals surface area (Å²) >= 11 is 0. The highest BCUT2D eigenvalue weighted by molar-refractivity contribution is 7.93. The van der Waals surface area contributed by atoms with E-state index in [9.17, 15) is 13.7 Å². The molecule has 0 aliphatic rings. The number of nitrogens with one attached hydrogen (secondary N) is 1. The molecule has 0 saturated heterocycles. The number of anilines is 1. The highest BCUT2D eigenvalue weighted by Gasteiger charge is 2.20. The maximum absolute atomic E-state index is 12.2. The Bertz CT molecular complexity index is 671. The van der Waals surface area contributed by atoms with Gasteiger partial charge in [0.15, 0.2) is 4.91 Å². The van der Waals surface area contributed by atoms with Crippen molar-refractivity contribution in [2.24, 2.45) is 0 Å². The van der Waals surface area contributed by atoms with Gasteiger partial charge in [0, 0.05) is 33.4 Å². The molecule has 0 aliphatic carbocycles. The molecule has 0 unspecified atom stereocenters. The van der Waals surface area contributed by atoms with Crippen molar-refractivity contribution in [1.29, 1.82) is 5.26 Å². The van der Waals surface area contributed by atoms with E-state index in [1.165, 1.54) is 7.11 Å². The Kier molecular flexibility index (Phi) is 6.56. The molecular formula is C15H21N3O3S. The van der Waals surface area contributed by atoms with Crippen molar-refractivity contribution in [3.63, 3.8) is 0 Å². The van der Waals surface area contributed by atoms with E-state index < -0.39 is 10.0 Å². The van der Waals surface area contributed by atoms with Crippen LogP contribution in [-0.2, 0) is 14.8 Å². The van der Waals surface area contributed by atoms with Gasteiger partial charge in [0.05, 0.1) is 6.61 Å². The average molecular weight is 323 g/mol. The Labute approximate surface area is 132 Å². The summed E-state index contributed by atoms with van der Waals surface area (Å²) in [6, 6.07) is 9.13. The Morgan fingerprint density at radius 1 is 1.32 bits per heavy atom. The molecule has 0 atom stereocenters. The van der Waals surface area contributed by atoms with Crippen LogP contribution < -0.4 is 9.62 Å². The van der Waals surface area contributed by atoms with Crippen molar-refractivity contribution in [2.45, 2.75) is 6.92 Å². The van der Waals surface area contributed by atoms with E-state index in [1.807, 2.05) is 31.1 Å². The lowest BCUT2D eigenvalue weighted by atomic mass is 10.1. The van der Waals surface area contributed by atoms with Crippen LogP contribution in [0.5, 0.6) is 0 Å². The summed E-state index contributed by atoms with van der Waals surface area (Å²) in [6.07, 6.45) is 0. The monoisotopic (exact) mass is 323 g/mol. The average Bonchev–Trinajstić information content (AvgIpc) is 2.47. The van der Waals surface area contributed by atoms with Crippen molar-refractivity contribution in [1.82, 2.24) is 4.72 Å². The molecule has 0 aromatic heterocycles. The molecule has 0 spiro atoms. The Morgan fingerprint density at radius 2 is 1.91 bits per heavy atom. The number of hydrogen-bond acceptors (Lipinski definition) is 5. The van der Waals surface area contributed by atoms with Gasteiger partial charge in [0.2, 0.25) is 0 Å². The lowest BCUT2D eigenvalue weighted by Crippen LogP contribution is -2.28. The fraction of sp³-hybridized carbons (Fsp3) is 0.400. The second-order valence-corrected chi connectivity index (χ2v) is 6.60. The van der Waals surface area contributed by atoms with Gasteiger partial charge >= 0.3 is 0 Å². The molecule has 120 valence electrons. The third kappa shape index (κ3) is 4.56. The standard InChI is InChI=1S/C15H21N3O3S/c1-12(13-5-7-14(8-6-13)18(2)3)15(11-16)22(19,20)17-9-10-21-4/h5-8,17H,9-10H2,1-4H3/b15-12+. The summed E-state index contributed by atoms with van der Waals surface area (Å²) in [5.74, 6) is 0. The van der Waals surface area contributed by atoms with Crippen LogP contribution in [0, 0.1) is 11.3 Å². The fourth-order valence-corrected chi connectivity index (χ4v) is 2.97. The molecular weight excluding hydrogens is 302 g/mol. The van der Waals surface area contributed by atoms with Crippen LogP contribution in [0.3, 0.4) is 0 Å². The second kappa shape index (κ2) is 7.94. The van der Waals surface area contributed by atoms with E-state index in [-0.39, 0.29) is 18.1 Å². The zero-order valence-electron chi connectivity index (χ0n) is 13.3. The van der Waals surface area contributed by atoms with E-state index in [0.29, 0.717) is 11.1 Å². The van der Waals surface area contributed by atoms with E-state index in [2.05, 4.69) is 4.72 Å². The number of nitrogens with zero attached hydrogens (tertiary/aromatic N) is 2. The van der Waals surface area contributed by atoms with Crippen LogP contribution >= 0.6 is 0 Å². The highest BCUT2D eigenvalue weighted by Crippen LogP contribution is 2.23.